The Labute approximate surface area is 182 Å². The van der Waals surface area contributed by atoms with Gasteiger partial charge >= 0.3 is 0 Å². The summed E-state index contributed by atoms with van der Waals surface area (Å²) in [6.07, 6.45) is 1.74. The molecule has 0 radical (unpaired) electrons. The maximum Gasteiger partial charge on any atom is 0.253 e. The number of carbonyl (C=O) groups is 1. The third kappa shape index (κ3) is 4.21. The zero-order valence-corrected chi connectivity index (χ0v) is 17.9. The summed E-state index contributed by atoms with van der Waals surface area (Å²) in [6.45, 7) is 3.96. The summed E-state index contributed by atoms with van der Waals surface area (Å²) in [4.78, 5) is 17.8. The van der Waals surface area contributed by atoms with Crippen LogP contribution in [0.1, 0.15) is 39.0 Å². The zero-order valence-electron chi connectivity index (χ0n) is 17.9. The third-order valence-corrected chi connectivity index (χ3v) is 5.40. The normalized spacial score (nSPS) is 11.7. The largest absolute Gasteiger partial charge is 0.497 e. The highest BCUT2D eigenvalue weighted by molar-refractivity contribution is 5.96. The van der Waals surface area contributed by atoms with Gasteiger partial charge in [0, 0.05) is 23.3 Å². The summed E-state index contributed by atoms with van der Waals surface area (Å²) in [6, 6.07) is 25.0. The van der Waals surface area contributed by atoms with Gasteiger partial charge in [-0.05, 0) is 61.9 Å². The SMILES string of the molecule is COc1ccc(-n2c(C)cc(C(=O)NC(c3ccccc3)c3ccccn3)c2C)cc1. The van der Waals surface area contributed by atoms with Gasteiger partial charge in [0.1, 0.15) is 5.75 Å². The predicted molar refractivity (Wildman–Crippen MR) is 122 cm³/mol. The van der Waals surface area contributed by atoms with Crippen molar-refractivity contribution in [3.05, 3.63) is 113 Å². The van der Waals surface area contributed by atoms with E-state index in [0.29, 0.717) is 5.56 Å². The van der Waals surface area contributed by atoms with Crippen LogP contribution in [0.25, 0.3) is 5.69 Å². The van der Waals surface area contributed by atoms with Crippen molar-refractivity contribution in [2.24, 2.45) is 0 Å². The first-order valence-electron chi connectivity index (χ1n) is 10.2. The Kier molecular flexibility index (Phi) is 5.85. The highest BCUT2D eigenvalue weighted by atomic mass is 16.5. The fraction of sp³-hybridized carbons (Fsp3) is 0.154. The number of pyridine rings is 1. The molecule has 0 aliphatic rings. The summed E-state index contributed by atoms with van der Waals surface area (Å²) in [5, 5.41) is 3.18. The van der Waals surface area contributed by atoms with Gasteiger partial charge in [0.25, 0.3) is 5.91 Å². The zero-order chi connectivity index (χ0) is 21.8. The number of benzene rings is 2. The van der Waals surface area contributed by atoms with Gasteiger partial charge in [0.05, 0.1) is 24.4 Å². The van der Waals surface area contributed by atoms with Crippen molar-refractivity contribution in [2.75, 3.05) is 7.11 Å². The van der Waals surface area contributed by atoms with Crippen LogP contribution < -0.4 is 10.1 Å². The number of hydrogen-bond acceptors (Lipinski definition) is 3. The molecule has 0 aliphatic carbocycles. The van der Waals surface area contributed by atoms with Crippen molar-refractivity contribution in [1.29, 1.82) is 0 Å². The second kappa shape index (κ2) is 8.88. The lowest BCUT2D eigenvalue weighted by molar-refractivity contribution is 0.0941. The van der Waals surface area contributed by atoms with E-state index in [1.54, 1.807) is 13.3 Å². The van der Waals surface area contributed by atoms with Crippen molar-refractivity contribution in [2.45, 2.75) is 19.9 Å². The summed E-state index contributed by atoms with van der Waals surface area (Å²) >= 11 is 0. The molecular weight excluding hydrogens is 386 g/mol. The van der Waals surface area contributed by atoms with Gasteiger partial charge < -0.3 is 14.6 Å². The molecule has 5 heteroatoms. The van der Waals surface area contributed by atoms with E-state index >= 15 is 0 Å². The number of aromatic nitrogens is 2. The second-order valence-corrected chi connectivity index (χ2v) is 7.39. The molecule has 0 saturated carbocycles. The number of ether oxygens (including phenoxy) is 1. The number of nitrogens with zero attached hydrogens (tertiary/aromatic N) is 2. The molecule has 2 heterocycles. The van der Waals surface area contributed by atoms with Crippen molar-refractivity contribution in [1.82, 2.24) is 14.9 Å². The van der Waals surface area contributed by atoms with E-state index in [0.717, 1.165) is 34.1 Å². The fourth-order valence-electron chi connectivity index (χ4n) is 3.85. The van der Waals surface area contributed by atoms with Crippen LogP contribution in [-0.2, 0) is 0 Å². The highest BCUT2D eigenvalue weighted by Gasteiger charge is 2.22. The maximum absolute atomic E-state index is 13.3. The predicted octanol–water partition coefficient (Wildman–Crippen LogP) is 5.02. The topological polar surface area (TPSA) is 56.1 Å². The van der Waals surface area contributed by atoms with E-state index in [9.17, 15) is 4.79 Å². The molecule has 156 valence electrons. The number of hydrogen-bond donors (Lipinski definition) is 1. The fourth-order valence-corrected chi connectivity index (χ4v) is 3.85. The van der Waals surface area contributed by atoms with Gasteiger partial charge in [-0.15, -0.1) is 0 Å². The van der Waals surface area contributed by atoms with Crippen molar-refractivity contribution >= 4 is 5.91 Å². The Morgan fingerprint density at radius 2 is 1.68 bits per heavy atom. The molecule has 0 bridgehead atoms. The van der Waals surface area contributed by atoms with Gasteiger partial charge in [-0.3, -0.25) is 9.78 Å². The first-order chi connectivity index (χ1) is 15.1. The van der Waals surface area contributed by atoms with Crippen LogP contribution >= 0.6 is 0 Å². The van der Waals surface area contributed by atoms with Crippen LogP contribution in [-0.4, -0.2) is 22.6 Å². The monoisotopic (exact) mass is 411 g/mol. The standard InChI is InChI=1S/C26H25N3O2/c1-18-17-23(19(2)29(18)21-12-14-22(31-3)15-13-21)26(30)28-25(20-9-5-4-6-10-20)24-11-7-8-16-27-24/h4-17,25H,1-3H3,(H,28,30). The van der Waals surface area contributed by atoms with E-state index < -0.39 is 0 Å². The first-order valence-corrected chi connectivity index (χ1v) is 10.2. The van der Waals surface area contributed by atoms with Gasteiger partial charge in [-0.2, -0.15) is 0 Å². The Morgan fingerprint density at radius 1 is 0.968 bits per heavy atom. The number of nitrogens with one attached hydrogen (secondary N) is 1. The molecule has 1 N–H and O–H groups in total. The maximum atomic E-state index is 13.3. The molecule has 0 aliphatic heterocycles. The minimum Gasteiger partial charge on any atom is -0.497 e. The van der Waals surface area contributed by atoms with Gasteiger partial charge in [0.15, 0.2) is 0 Å². The van der Waals surface area contributed by atoms with Crippen LogP contribution in [0, 0.1) is 13.8 Å². The third-order valence-electron chi connectivity index (χ3n) is 5.40. The number of carbonyl (C=O) groups excluding carboxylic acids is 1. The van der Waals surface area contributed by atoms with Crippen LogP contribution in [0.3, 0.4) is 0 Å². The van der Waals surface area contributed by atoms with Gasteiger partial charge in [-0.25, -0.2) is 0 Å². The number of rotatable bonds is 6. The molecule has 0 saturated heterocycles. The molecule has 1 unspecified atom stereocenters. The van der Waals surface area contributed by atoms with Gasteiger partial charge in [-0.1, -0.05) is 36.4 Å². The molecule has 0 fully saturated rings. The number of amides is 1. The quantitative estimate of drug-likeness (QED) is 0.485. The average molecular weight is 412 g/mol. The Morgan fingerprint density at radius 3 is 2.32 bits per heavy atom. The minimum atomic E-state index is -0.334. The smallest absolute Gasteiger partial charge is 0.253 e. The molecule has 5 nitrogen and oxygen atoms in total. The lowest BCUT2D eigenvalue weighted by Crippen LogP contribution is -2.30. The van der Waals surface area contributed by atoms with Crippen LogP contribution in [0.4, 0.5) is 0 Å². The van der Waals surface area contributed by atoms with E-state index in [-0.39, 0.29) is 11.9 Å². The summed E-state index contributed by atoms with van der Waals surface area (Å²) in [5.74, 6) is 0.664. The lowest BCUT2D eigenvalue weighted by Gasteiger charge is -2.19. The molecule has 4 aromatic rings. The molecule has 0 spiro atoms. The van der Waals surface area contributed by atoms with E-state index in [1.165, 1.54) is 0 Å². The molecule has 2 aromatic heterocycles. The Hall–Kier alpha value is -3.86. The van der Waals surface area contributed by atoms with E-state index in [4.69, 9.17) is 4.74 Å². The van der Waals surface area contributed by atoms with Crippen molar-refractivity contribution in [3.63, 3.8) is 0 Å². The molecule has 1 amide bonds. The Balaban J connectivity index is 1.67. The lowest BCUT2D eigenvalue weighted by atomic mass is 10.0. The molecular formula is C26H25N3O2. The second-order valence-electron chi connectivity index (χ2n) is 7.39. The summed E-state index contributed by atoms with van der Waals surface area (Å²) in [5.41, 5.74) is 5.28. The van der Waals surface area contributed by atoms with Crippen LogP contribution in [0.5, 0.6) is 5.75 Å². The summed E-state index contributed by atoms with van der Waals surface area (Å²) in [7, 11) is 1.65. The first kappa shape index (κ1) is 20.4. The highest BCUT2D eigenvalue weighted by Crippen LogP contribution is 2.25. The van der Waals surface area contributed by atoms with E-state index in [1.807, 2.05) is 92.7 Å². The average Bonchev–Trinajstić information content (AvgIpc) is 3.12. The van der Waals surface area contributed by atoms with Crippen molar-refractivity contribution in [3.8, 4) is 11.4 Å². The number of methoxy groups -OCH3 is 1. The minimum absolute atomic E-state index is 0.132. The van der Waals surface area contributed by atoms with Crippen molar-refractivity contribution < 1.29 is 9.53 Å². The summed E-state index contributed by atoms with van der Waals surface area (Å²) < 4.78 is 7.33. The number of aryl methyl sites for hydroxylation is 1. The molecule has 31 heavy (non-hydrogen) atoms. The van der Waals surface area contributed by atoms with Gasteiger partial charge in [0.2, 0.25) is 0 Å². The Bertz CT molecular complexity index is 1130. The van der Waals surface area contributed by atoms with Crippen LogP contribution in [0.15, 0.2) is 85.1 Å². The molecule has 4 rings (SSSR count). The van der Waals surface area contributed by atoms with Crippen LogP contribution in [0.2, 0.25) is 0 Å². The molecule has 2 aromatic carbocycles. The molecule has 1 atom stereocenters. The van der Waals surface area contributed by atoms with E-state index in [2.05, 4.69) is 14.9 Å².